The minimum absolute atomic E-state index is 0.0446. The van der Waals surface area contributed by atoms with E-state index in [0.717, 1.165) is 16.6 Å². The maximum Gasteiger partial charge on any atom is 0.255 e. The topological polar surface area (TPSA) is 88.4 Å². The smallest absolute Gasteiger partial charge is 0.255 e. The van der Waals surface area contributed by atoms with Crippen LogP contribution in [0.5, 0.6) is 11.5 Å². The summed E-state index contributed by atoms with van der Waals surface area (Å²) in [5.41, 5.74) is 4.32. The molecule has 0 fully saturated rings. The van der Waals surface area contributed by atoms with Gasteiger partial charge in [-0.3, -0.25) is 9.36 Å². The summed E-state index contributed by atoms with van der Waals surface area (Å²) in [7, 11) is 0. The number of hydrogen-bond acceptors (Lipinski definition) is 5. The van der Waals surface area contributed by atoms with Crippen LogP contribution >= 0.6 is 11.6 Å². The van der Waals surface area contributed by atoms with Gasteiger partial charge in [0.1, 0.15) is 0 Å². The molecule has 0 spiro atoms. The number of carbonyl (C=O) groups is 1. The highest BCUT2D eigenvalue weighted by molar-refractivity contribution is 6.30. The second-order valence-electron chi connectivity index (χ2n) is 7.98. The van der Waals surface area contributed by atoms with Gasteiger partial charge >= 0.3 is 0 Å². The number of aromatic hydroxyl groups is 1. The van der Waals surface area contributed by atoms with E-state index in [-0.39, 0.29) is 11.7 Å². The average molecular weight is 475 g/mol. The minimum Gasteiger partial charge on any atom is -0.504 e. The van der Waals surface area contributed by atoms with Gasteiger partial charge in [0.2, 0.25) is 5.95 Å². The summed E-state index contributed by atoms with van der Waals surface area (Å²) < 4.78 is 7.64. The number of para-hydroxylation sites is 2. The van der Waals surface area contributed by atoms with Gasteiger partial charge in [-0.05, 0) is 67.9 Å². The number of nitrogens with zero attached hydrogens (tertiary/aromatic N) is 2. The number of halogens is 1. The highest BCUT2D eigenvalue weighted by atomic mass is 35.5. The van der Waals surface area contributed by atoms with E-state index in [0.29, 0.717) is 40.3 Å². The molecular formula is C26H23ClN4O3. The first-order valence-corrected chi connectivity index (χ1v) is 11.3. The number of carbonyl (C=O) groups excluding carboxylic acids is 1. The van der Waals surface area contributed by atoms with Crippen molar-refractivity contribution >= 4 is 40.2 Å². The molecule has 1 aromatic heterocycles. The Balaban J connectivity index is 1.67. The van der Waals surface area contributed by atoms with Gasteiger partial charge in [0.05, 0.1) is 29.3 Å². The Bertz CT molecular complexity index is 1430. The van der Waals surface area contributed by atoms with Crippen LogP contribution in [-0.2, 0) is 4.79 Å². The maximum absolute atomic E-state index is 13.6. The molecule has 1 amide bonds. The Hall–Kier alpha value is -3.97. The lowest BCUT2D eigenvalue weighted by atomic mass is 9.94. The molecule has 3 N–H and O–H groups in total. The number of anilines is 2. The molecule has 1 unspecified atom stereocenters. The van der Waals surface area contributed by atoms with Crippen LogP contribution in [0.1, 0.15) is 25.5 Å². The van der Waals surface area contributed by atoms with Crippen molar-refractivity contribution in [2.24, 2.45) is 0 Å². The van der Waals surface area contributed by atoms with Crippen molar-refractivity contribution in [3.05, 3.63) is 88.6 Å². The molecule has 3 aromatic carbocycles. The van der Waals surface area contributed by atoms with Crippen LogP contribution < -0.4 is 15.4 Å². The van der Waals surface area contributed by atoms with Gasteiger partial charge in [0.25, 0.3) is 5.91 Å². The van der Waals surface area contributed by atoms with E-state index in [2.05, 4.69) is 10.6 Å². The number of benzene rings is 3. The van der Waals surface area contributed by atoms with E-state index >= 15 is 0 Å². The number of phenolic OH excluding ortho intramolecular Hbond substituents is 1. The predicted molar refractivity (Wildman–Crippen MR) is 134 cm³/mol. The first-order chi connectivity index (χ1) is 16.5. The van der Waals surface area contributed by atoms with Gasteiger partial charge in [-0.25, -0.2) is 4.98 Å². The van der Waals surface area contributed by atoms with E-state index in [1.165, 1.54) is 0 Å². The SMILES string of the molecule is CCOc1cc(C2C(C(=O)Nc3ccc(Cl)cc3)=C(C)Nc3nc4ccccc4n32)ccc1O. The van der Waals surface area contributed by atoms with E-state index in [4.69, 9.17) is 21.3 Å². The Morgan fingerprint density at radius 1 is 1.18 bits per heavy atom. The van der Waals surface area contributed by atoms with Gasteiger partial charge in [-0.2, -0.15) is 0 Å². The number of imidazole rings is 1. The molecule has 8 heteroatoms. The number of amides is 1. The first-order valence-electron chi connectivity index (χ1n) is 10.9. The second-order valence-corrected chi connectivity index (χ2v) is 8.42. The quantitative estimate of drug-likeness (QED) is 0.344. The van der Waals surface area contributed by atoms with Gasteiger partial charge in [0, 0.05) is 16.4 Å². The van der Waals surface area contributed by atoms with Crippen LogP contribution in [0.2, 0.25) is 5.02 Å². The van der Waals surface area contributed by atoms with Crippen molar-refractivity contribution in [1.82, 2.24) is 9.55 Å². The van der Waals surface area contributed by atoms with Crippen molar-refractivity contribution in [2.75, 3.05) is 17.2 Å². The van der Waals surface area contributed by atoms with Gasteiger partial charge in [0.15, 0.2) is 11.5 Å². The zero-order valence-corrected chi connectivity index (χ0v) is 19.4. The number of aromatic nitrogens is 2. The van der Waals surface area contributed by atoms with Crippen LogP contribution in [0, 0.1) is 0 Å². The van der Waals surface area contributed by atoms with E-state index in [9.17, 15) is 9.90 Å². The second kappa shape index (κ2) is 8.76. The normalized spacial score (nSPS) is 15.1. The lowest BCUT2D eigenvalue weighted by Gasteiger charge is -2.31. The predicted octanol–water partition coefficient (Wildman–Crippen LogP) is 5.72. The van der Waals surface area contributed by atoms with Crippen LogP contribution in [0.15, 0.2) is 78.0 Å². The number of nitrogens with one attached hydrogen (secondary N) is 2. The number of hydrogen-bond donors (Lipinski definition) is 3. The Morgan fingerprint density at radius 3 is 2.71 bits per heavy atom. The molecule has 4 aromatic rings. The monoisotopic (exact) mass is 474 g/mol. The maximum atomic E-state index is 13.6. The van der Waals surface area contributed by atoms with Crippen molar-refractivity contribution < 1.29 is 14.6 Å². The molecular weight excluding hydrogens is 452 g/mol. The fourth-order valence-electron chi connectivity index (χ4n) is 4.28. The number of rotatable bonds is 5. The highest BCUT2D eigenvalue weighted by Crippen LogP contribution is 2.41. The van der Waals surface area contributed by atoms with E-state index in [1.807, 2.05) is 42.7 Å². The van der Waals surface area contributed by atoms with Gasteiger partial charge in [-0.1, -0.05) is 29.8 Å². The summed E-state index contributed by atoms with van der Waals surface area (Å²) in [5, 5.41) is 17.1. The summed E-state index contributed by atoms with van der Waals surface area (Å²) >= 11 is 6.00. The Labute approximate surface area is 201 Å². The summed E-state index contributed by atoms with van der Waals surface area (Å²) in [6.07, 6.45) is 0. The van der Waals surface area contributed by atoms with Gasteiger partial charge in [-0.15, -0.1) is 0 Å². The molecule has 0 bridgehead atoms. The third kappa shape index (κ3) is 3.84. The number of phenols is 1. The van der Waals surface area contributed by atoms with Crippen LogP contribution in [0.25, 0.3) is 11.0 Å². The highest BCUT2D eigenvalue weighted by Gasteiger charge is 2.34. The molecule has 5 rings (SSSR count). The van der Waals surface area contributed by atoms with E-state index < -0.39 is 6.04 Å². The molecule has 1 aliphatic rings. The Kier molecular flexibility index (Phi) is 5.63. The third-order valence-electron chi connectivity index (χ3n) is 5.78. The first kappa shape index (κ1) is 21.9. The molecule has 7 nitrogen and oxygen atoms in total. The van der Waals surface area contributed by atoms with Crippen LogP contribution in [0.3, 0.4) is 0 Å². The largest absolute Gasteiger partial charge is 0.504 e. The third-order valence-corrected chi connectivity index (χ3v) is 6.03. The number of ether oxygens (including phenoxy) is 1. The summed E-state index contributed by atoms with van der Waals surface area (Å²) in [5.74, 6) is 0.785. The summed E-state index contributed by atoms with van der Waals surface area (Å²) in [6.45, 7) is 4.12. The molecule has 172 valence electrons. The zero-order chi connectivity index (χ0) is 23.8. The summed E-state index contributed by atoms with van der Waals surface area (Å²) in [4.78, 5) is 18.4. The lowest BCUT2D eigenvalue weighted by molar-refractivity contribution is -0.113. The van der Waals surface area contributed by atoms with Gasteiger partial charge < -0.3 is 20.5 Å². The van der Waals surface area contributed by atoms with Crippen molar-refractivity contribution in [3.63, 3.8) is 0 Å². The van der Waals surface area contributed by atoms with Crippen molar-refractivity contribution in [3.8, 4) is 11.5 Å². The zero-order valence-electron chi connectivity index (χ0n) is 18.7. The molecule has 0 saturated heterocycles. The van der Waals surface area contributed by atoms with Crippen molar-refractivity contribution in [2.45, 2.75) is 19.9 Å². The van der Waals surface area contributed by atoms with E-state index in [1.54, 1.807) is 42.5 Å². The molecule has 1 atom stereocenters. The molecule has 0 saturated carbocycles. The standard InChI is InChI=1S/C26H23ClN4O3/c1-3-34-22-14-16(8-13-21(22)32)24-23(25(33)29-18-11-9-17(27)10-12-18)15(2)28-26-30-19-6-4-5-7-20(19)31(24)26/h4-14,24,32H,3H2,1-2H3,(H,28,30)(H,29,33). The molecule has 34 heavy (non-hydrogen) atoms. The average Bonchev–Trinajstić information content (AvgIpc) is 3.19. The molecule has 1 aliphatic heterocycles. The van der Waals surface area contributed by atoms with Crippen LogP contribution in [0.4, 0.5) is 11.6 Å². The fraction of sp³-hybridized carbons (Fsp3) is 0.154. The fourth-order valence-corrected chi connectivity index (χ4v) is 4.40. The Morgan fingerprint density at radius 2 is 1.94 bits per heavy atom. The number of fused-ring (bicyclic) bond motifs is 3. The number of allylic oxidation sites excluding steroid dienone is 1. The molecule has 2 heterocycles. The minimum atomic E-state index is -0.504. The van der Waals surface area contributed by atoms with Crippen LogP contribution in [-0.4, -0.2) is 27.2 Å². The molecule has 0 aliphatic carbocycles. The molecule has 0 radical (unpaired) electrons. The van der Waals surface area contributed by atoms with Crippen molar-refractivity contribution in [1.29, 1.82) is 0 Å². The lowest BCUT2D eigenvalue weighted by Crippen LogP contribution is -2.31. The summed E-state index contributed by atoms with van der Waals surface area (Å²) in [6, 6.07) is 19.4.